The Morgan fingerprint density at radius 1 is 1.07 bits per heavy atom. The van der Waals surface area contributed by atoms with Crippen LogP contribution in [0.2, 0.25) is 0 Å². The highest BCUT2D eigenvalue weighted by atomic mass is 19.4. The van der Waals surface area contributed by atoms with Crippen molar-refractivity contribution in [1.82, 2.24) is 4.90 Å². The number of aliphatic hydroxyl groups is 1. The first-order valence-electron chi connectivity index (χ1n) is 9.76. The lowest BCUT2D eigenvalue weighted by Gasteiger charge is -2.19. The van der Waals surface area contributed by atoms with E-state index < -0.39 is 11.7 Å². The van der Waals surface area contributed by atoms with Gasteiger partial charge in [-0.05, 0) is 55.0 Å². The normalized spacial score (nSPS) is 22.7. The molecule has 1 heterocycles. The third-order valence-electron chi connectivity index (χ3n) is 5.43. The molecule has 1 aliphatic carbocycles. The van der Waals surface area contributed by atoms with Crippen molar-refractivity contribution in [3.8, 4) is 5.75 Å². The van der Waals surface area contributed by atoms with Crippen molar-refractivity contribution in [3.63, 3.8) is 0 Å². The van der Waals surface area contributed by atoms with Gasteiger partial charge >= 0.3 is 12.2 Å². The third-order valence-corrected chi connectivity index (χ3v) is 5.43. The number of benzene rings is 2. The second-order valence-electron chi connectivity index (χ2n) is 7.58. The molecule has 162 valence electrons. The number of aliphatic hydroxyl groups excluding tert-OH is 1. The van der Waals surface area contributed by atoms with Gasteiger partial charge in [0, 0.05) is 18.8 Å². The van der Waals surface area contributed by atoms with Crippen LogP contribution in [-0.4, -0.2) is 42.3 Å². The number of ether oxygens (including phenoxy) is 1. The Hall–Kier alpha value is -2.74. The number of likely N-dealkylation sites (tertiary alicyclic amines) is 1. The number of carbonyl (C=O) groups excluding carboxylic acids is 1. The van der Waals surface area contributed by atoms with E-state index >= 15 is 0 Å². The van der Waals surface area contributed by atoms with Crippen LogP contribution in [0.1, 0.15) is 18.4 Å². The molecule has 0 bridgehead atoms. The monoisotopic (exact) mass is 422 g/mol. The standard InChI is InChI=1S/C15H17F3N2O2.C7H8O/c16-15(17,18)11-2-1-3-12(6-11)19-14(22)20-7-9-4-13(21)5-10(9)8-20;1-8-7-5-3-2-4-6-7/h1-3,6,9-10,13,21H,4-5,7-8H2,(H,19,22);2-6H,1H3/t9-,10+,13?;. The van der Waals surface area contributed by atoms with Crippen LogP contribution >= 0.6 is 0 Å². The Morgan fingerprint density at radius 3 is 2.23 bits per heavy atom. The Balaban J connectivity index is 0.000000269. The summed E-state index contributed by atoms with van der Waals surface area (Å²) in [7, 11) is 1.66. The van der Waals surface area contributed by atoms with Crippen LogP contribution in [-0.2, 0) is 6.18 Å². The molecule has 2 N–H and O–H groups in total. The molecule has 2 amide bonds. The molecular weight excluding hydrogens is 397 g/mol. The summed E-state index contributed by atoms with van der Waals surface area (Å²) in [5.41, 5.74) is -0.649. The van der Waals surface area contributed by atoms with Crippen LogP contribution < -0.4 is 10.1 Å². The number of halogens is 3. The predicted molar refractivity (Wildman–Crippen MR) is 107 cm³/mol. The number of methoxy groups -OCH3 is 1. The SMILES string of the molecule is COc1ccccc1.O=C(Nc1cccc(C(F)(F)F)c1)N1C[C@H]2CC(O)C[C@H]2C1. The lowest BCUT2D eigenvalue weighted by Crippen LogP contribution is -2.34. The number of carbonyl (C=O) groups is 1. The molecule has 2 aromatic rings. The van der Waals surface area contributed by atoms with E-state index in [2.05, 4.69) is 5.32 Å². The van der Waals surface area contributed by atoms with Crippen LogP contribution in [0, 0.1) is 11.8 Å². The van der Waals surface area contributed by atoms with Crippen LogP contribution in [0.5, 0.6) is 5.75 Å². The van der Waals surface area contributed by atoms with Gasteiger partial charge in [-0.2, -0.15) is 13.2 Å². The Kier molecular flexibility index (Phi) is 6.87. The number of nitrogens with one attached hydrogen (secondary N) is 1. The van der Waals surface area contributed by atoms with Crippen LogP contribution in [0.15, 0.2) is 54.6 Å². The van der Waals surface area contributed by atoms with E-state index in [1.54, 1.807) is 12.0 Å². The molecular formula is C22H25F3N2O3. The average Bonchev–Trinajstić information content (AvgIpc) is 3.26. The highest BCUT2D eigenvalue weighted by Crippen LogP contribution is 2.38. The van der Waals surface area contributed by atoms with Gasteiger partial charge in [-0.15, -0.1) is 0 Å². The van der Waals surface area contributed by atoms with Gasteiger partial charge in [-0.25, -0.2) is 4.79 Å². The molecule has 1 unspecified atom stereocenters. The predicted octanol–water partition coefficient (Wildman–Crippen LogP) is 4.64. The van der Waals surface area contributed by atoms with Gasteiger partial charge in [0.25, 0.3) is 0 Å². The molecule has 5 nitrogen and oxygen atoms in total. The number of anilines is 1. The van der Waals surface area contributed by atoms with Gasteiger partial charge in [0.05, 0.1) is 18.8 Å². The zero-order valence-electron chi connectivity index (χ0n) is 16.6. The maximum Gasteiger partial charge on any atom is 0.416 e. The van der Waals surface area contributed by atoms with Crippen molar-refractivity contribution in [2.45, 2.75) is 25.1 Å². The molecule has 0 radical (unpaired) electrons. The molecule has 2 aromatic carbocycles. The molecule has 4 rings (SSSR count). The quantitative estimate of drug-likeness (QED) is 0.742. The first-order chi connectivity index (χ1) is 14.3. The summed E-state index contributed by atoms with van der Waals surface area (Å²) in [6.45, 7) is 1.10. The van der Waals surface area contributed by atoms with E-state index in [-0.39, 0.29) is 17.8 Å². The summed E-state index contributed by atoms with van der Waals surface area (Å²) in [6, 6.07) is 13.9. The van der Waals surface area contributed by atoms with E-state index in [1.807, 2.05) is 30.3 Å². The first-order valence-corrected chi connectivity index (χ1v) is 9.76. The average molecular weight is 422 g/mol. The Labute approximate surface area is 173 Å². The number of fused-ring (bicyclic) bond motifs is 1. The van der Waals surface area contributed by atoms with Crippen molar-refractivity contribution >= 4 is 11.7 Å². The molecule has 30 heavy (non-hydrogen) atoms. The number of rotatable bonds is 2. The minimum atomic E-state index is -4.43. The summed E-state index contributed by atoms with van der Waals surface area (Å²) >= 11 is 0. The fraction of sp³-hybridized carbons (Fsp3) is 0.409. The van der Waals surface area contributed by atoms with Gasteiger partial charge < -0.3 is 20.1 Å². The zero-order chi connectivity index (χ0) is 21.7. The summed E-state index contributed by atoms with van der Waals surface area (Å²) in [5.74, 6) is 1.50. The van der Waals surface area contributed by atoms with E-state index in [0.717, 1.165) is 17.9 Å². The number of urea groups is 1. The van der Waals surface area contributed by atoms with Crippen molar-refractivity contribution in [2.24, 2.45) is 11.8 Å². The summed E-state index contributed by atoms with van der Waals surface area (Å²) < 4.78 is 42.9. The number of hydrogen-bond acceptors (Lipinski definition) is 3. The fourth-order valence-corrected chi connectivity index (χ4v) is 3.97. The minimum absolute atomic E-state index is 0.136. The van der Waals surface area contributed by atoms with Gasteiger partial charge in [-0.3, -0.25) is 0 Å². The lowest BCUT2D eigenvalue weighted by atomic mass is 10.0. The van der Waals surface area contributed by atoms with Gasteiger partial charge in [0.15, 0.2) is 0 Å². The van der Waals surface area contributed by atoms with Crippen LogP contribution in [0.4, 0.5) is 23.7 Å². The Morgan fingerprint density at radius 2 is 1.70 bits per heavy atom. The van der Waals surface area contributed by atoms with E-state index in [9.17, 15) is 23.1 Å². The summed E-state index contributed by atoms with van der Waals surface area (Å²) in [6.07, 6.45) is -3.33. The fourth-order valence-electron chi connectivity index (χ4n) is 3.97. The molecule has 3 atom stereocenters. The minimum Gasteiger partial charge on any atom is -0.497 e. The van der Waals surface area contributed by atoms with Crippen molar-refractivity contribution in [3.05, 3.63) is 60.2 Å². The highest BCUT2D eigenvalue weighted by molar-refractivity contribution is 5.89. The molecule has 8 heteroatoms. The maximum atomic E-state index is 12.7. The van der Waals surface area contributed by atoms with Crippen LogP contribution in [0.3, 0.4) is 0 Å². The van der Waals surface area contributed by atoms with E-state index in [0.29, 0.717) is 37.8 Å². The second-order valence-corrected chi connectivity index (χ2v) is 7.58. The topological polar surface area (TPSA) is 61.8 Å². The summed E-state index contributed by atoms with van der Waals surface area (Å²) in [4.78, 5) is 13.8. The van der Waals surface area contributed by atoms with E-state index in [4.69, 9.17) is 4.74 Å². The number of amides is 2. The summed E-state index contributed by atoms with van der Waals surface area (Å²) in [5, 5.41) is 12.1. The number of para-hydroxylation sites is 1. The molecule has 1 saturated carbocycles. The third kappa shape index (κ3) is 5.66. The molecule has 1 aliphatic heterocycles. The largest absolute Gasteiger partial charge is 0.497 e. The van der Waals surface area contributed by atoms with Crippen molar-refractivity contribution in [2.75, 3.05) is 25.5 Å². The van der Waals surface area contributed by atoms with Gasteiger partial charge in [0.2, 0.25) is 0 Å². The van der Waals surface area contributed by atoms with Crippen LogP contribution in [0.25, 0.3) is 0 Å². The number of hydrogen-bond donors (Lipinski definition) is 2. The van der Waals surface area contributed by atoms with Crippen molar-refractivity contribution in [1.29, 1.82) is 0 Å². The van der Waals surface area contributed by atoms with E-state index in [1.165, 1.54) is 12.1 Å². The maximum absolute atomic E-state index is 12.7. The smallest absolute Gasteiger partial charge is 0.416 e. The lowest BCUT2D eigenvalue weighted by molar-refractivity contribution is -0.137. The zero-order valence-corrected chi connectivity index (χ0v) is 16.6. The first kappa shape index (κ1) is 22.0. The molecule has 0 aromatic heterocycles. The van der Waals surface area contributed by atoms with Crippen molar-refractivity contribution < 1.29 is 27.8 Å². The molecule has 0 spiro atoms. The molecule has 2 aliphatic rings. The molecule has 2 fully saturated rings. The number of alkyl halides is 3. The van der Waals surface area contributed by atoms with Gasteiger partial charge in [0.1, 0.15) is 5.75 Å². The highest BCUT2D eigenvalue weighted by Gasteiger charge is 2.41. The van der Waals surface area contributed by atoms with Gasteiger partial charge in [-0.1, -0.05) is 24.3 Å². The molecule has 1 saturated heterocycles. The second kappa shape index (κ2) is 9.38. The number of nitrogens with zero attached hydrogens (tertiary/aromatic N) is 1. The Bertz CT molecular complexity index is 831.